The first-order chi connectivity index (χ1) is 8.56. The topological polar surface area (TPSA) is 75.4 Å². The second-order valence-electron chi connectivity index (χ2n) is 3.67. The molecule has 0 aliphatic heterocycles. The van der Waals surface area contributed by atoms with Gasteiger partial charge in [-0.1, -0.05) is 11.6 Å². The minimum atomic E-state index is -0.988. The summed E-state index contributed by atoms with van der Waals surface area (Å²) in [5.41, 5.74) is 7.08. The lowest BCUT2D eigenvalue weighted by Crippen LogP contribution is -2.03. The van der Waals surface area contributed by atoms with Gasteiger partial charge in [0.15, 0.2) is 0 Å². The SMILES string of the molecule is Nc1cc(C(=O)O)ccc1NCc1ccc(Cl)s1. The molecule has 0 amide bonds. The summed E-state index contributed by atoms with van der Waals surface area (Å²) in [5, 5.41) is 12.0. The van der Waals surface area contributed by atoms with Crippen molar-refractivity contribution in [2.45, 2.75) is 6.54 Å². The lowest BCUT2D eigenvalue weighted by Gasteiger charge is -2.08. The van der Waals surface area contributed by atoms with Gasteiger partial charge in [0.2, 0.25) is 0 Å². The first-order valence-electron chi connectivity index (χ1n) is 5.17. The molecule has 1 aromatic carbocycles. The fourth-order valence-corrected chi connectivity index (χ4v) is 2.51. The molecule has 0 spiro atoms. The van der Waals surface area contributed by atoms with Gasteiger partial charge in [-0.2, -0.15) is 0 Å². The average Bonchev–Trinajstić information content (AvgIpc) is 2.73. The third kappa shape index (κ3) is 2.94. The minimum Gasteiger partial charge on any atom is -0.478 e. The fourth-order valence-electron chi connectivity index (χ4n) is 1.49. The van der Waals surface area contributed by atoms with E-state index in [1.807, 2.05) is 12.1 Å². The van der Waals surface area contributed by atoms with Gasteiger partial charge in [0, 0.05) is 11.4 Å². The number of anilines is 2. The van der Waals surface area contributed by atoms with Gasteiger partial charge in [0.1, 0.15) is 0 Å². The Morgan fingerprint density at radius 1 is 1.39 bits per heavy atom. The van der Waals surface area contributed by atoms with E-state index in [1.165, 1.54) is 23.5 Å². The Morgan fingerprint density at radius 2 is 2.17 bits per heavy atom. The molecule has 1 heterocycles. The molecule has 6 heteroatoms. The lowest BCUT2D eigenvalue weighted by atomic mass is 10.1. The van der Waals surface area contributed by atoms with Gasteiger partial charge in [-0.15, -0.1) is 11.3 Å². The van der Waals surface area contributed by atoms with Crippen LogP contribution in [0, 0.1) is 0 Å². The van der Waals surface area contributed by atoms with Crippen molar-refractivity contribution in [1.82, 2.24) is 0 Å². The maximum absolute atomic E-state index is 10.8. The van der Waals surface area contributed by atoms with Gasteiger partial charge < -0.3 is 16.2 Å². The van der Waals surface area contributed by atoms with Crippen molar-refractivity contribution < 1.29 is 9.90 Å². The van der Waals surface area contributed by atoms with E-state index in [4.69, 9.17) is 22.4 Å². The van der Waals surface area contributed by atoms with E-state index in [0.717, 1.165) is 9.21 Å². The largest absolute Gasteiger partial charge is 0.478 e. The van der Waals surface area contributed by atoms with E-state index in [9.17, 15) is 4.79 Å². The van der Waals surface area contributed by atoms with Gasteiger partial charge in [-0.25, -0.2) is 4.79 Å². The minimum absolute atomic E-state index is 0.178. The van der Waals surface area contributed by atoms with Crippen LogP contribution in [0.25, 0.3) is 0 Å². The van der Waals surface area contributed by atoms with Crippen LogP contribution >= 0.6 is 22.9 Å². The smallest absolute Gasteiger partial charge is 0.335 e. The molecule has 0 bridgehead atoms. The lowest BCUT2D eigenvalue weighted by molar-refractivity contribution is 0.0697. The highest BCUT2D eigenvalue weighted by molar-refractivity contribution is 7.16. The van der Waals surface area contributed by atoms with Crippen LogP contribution in [0.15, 0.2) is 30.3 Å². The number of nitrogen functional groups attached to an aromatic ring is 1. The number of thiophene rings is 1. The second kappa shape index (κ2) is 5.29. The normalized spacial score (nSPS) is 10.3. The predicted molar refractivity (Wildman–Crippen MR) is 74.5 cm³/mol. The zero-order valence-corrected chi connectivity index (χ0v) is 10.9. The summed E-state index contributed by atoms with van der Waals surface area (Å²) < 4.78 is 0.737. The molecule has 0 aliphatic rings. The van der Waals surface area contributed by atoms with Crippen LogP contribution < -0.4 is 11.1 Å². The molecule has 0 unspecified atom stereocenters. The van der Waals surface area contributed by atoms with E-state index < -0.39 is 5.97 Å². The average molecular weight is 283 g/mol. The second-order valence-corrected chi connectivity index (χ2v) is 5.47. The molecule has 0 radical (unpaired) electrons. The molecule has 2 rings (SSSR count). The molecule has 18 heavy (non-hydrogen) atoms. The highest BCUT2D eigenvalue weighted by Crippen LogP contribution is 2.24. The van der Waals surface area contributed by atoms with Crippen molar-refractivity contribution >= 4 is 40.3 Å². The van der Waals surface area contributed by atoms with Crippen LogP contribution in [0.1, 0.15) is 15.2 Å². The summed E-state index contributed by atoms with van der Waals surface area (Å²) in [6, 6.07) is 8.38. The summed E-state index contributed by atoms with van der Waals surface area (Å²) in [5.74, 6) is -0.988. The summed E-state index contributed by atoms with van der Waals surface area (Å²) in [4.78, 5) is 11.8. The van der Waals surface area contributed by atoms with Crippen molar-refractivity contribution in [3.8, 4) is 0 Å². The molecular formula is C12H11ClN2O2S. The molecule has 0 saturated carbocycles. The van der Waals surface area contributed by atoms with E-state index in [0.29, 0.717) is 17.9 Å². The van der Waals surface area contributed by atoms with Crippen molar-refractivity contribution in [3.05, 3.63) is 45.1 Å². The number of carbonyl (C=O) groups is 1. The van der Waals surface area contributed by atoms with Crippen molar-refractivity contribution in [2.75, 3.05) is 11.1 Å². The maximum Gasteiger partial charge on any atom is 0.335 e. The summed E-state index contributed by atoms with van der Waals surface area (Å²) in [6.07, 6.45) is 0. The number of aromatic carboxylic acids is 1. The van der Waals surface area contributed by atoms with Crippen LogP contribution in [0.5, 0.6) is 0 Å². The zero-order valence-electron chi connectivity index (χ0n) is 9.31. The monoisotopic (exact) mass is 282 g/mol. The maximum atomic E-state index is 10.8. The van der Waals surface area contributed by atoms with Crippen LogP contribution in [-0.4, -0.2) is 11.1 Å². The molecule has 2 aromatic rings. The highest BCUT2D eigenvalue weighted by Gasteiger charge is 2.06. The van der Waals surface area contributed by atoms with Gasteiger partial charge in [-0.3, -0.25) is 0 Å². The van der Waals surface area contributed by atoms with Crippen LogP contribution in [0.4, 0.5) is 11.4 Å². The third-order valence-corrected chi connectivity index (χ3v) is 3.61. The van der Waals surface area contributed by atoms with Crippen molar-refractivity contribution in [3.63, 3.8) is 0 Å². The van der Waals surface area contributed by atoms with Gasteiger partial charge >= 0.3 is 5.97 Å². The molecule has 4 nitrogen and oxygen atoms in total. The number of benzene rings is 1. The Morgan fingerprint density at radius 3 is 2.72 bits per heavy atom. The molecule has 0 saturated heterocycles. The van der Waals surface area contributed by atoms with Gasteiger partial charge in [0.25, 0.3) is 0 Å². The summed E-state index contributed by atoms with van der Waals surface area (Å²) in [7, 11) is 0. The summed E-state index contributed by atoms with van der Waals surface area (Å²) >= 11 is 7.32. The van der Waals surface area contributed by atoms with Gasteiger partial charge in [0.05, 0.1) is 21.3 Å². The third-order valence-electron chi connectivity index (χ3n) is 2.38. The molecular weight excluding hydrogens is 272 g/mol. The zero-order chi connectivity index (χ0) is 13.1. The quantitative estimate of drug-likeness (QED) is 0.752. The molecule has 0 aliphatic carbocycles. The molecule has 94 valence electrons. The predicted octanol–water partition coefficient (Wildman–Crippen LogP) is 3.29. The Labute approximate surface area is 113 Å². The Balaban J connectivity index is 2.08. The molecule has 4 N–H and O–H groups in total. The number of carboxylic acids is 1. The molecule has 0 fully saturated rings. The fraction of sp³-hybridized carbons (Fsp3) is 0.0833. The number of hydrogen-bond acceptors (Lipinski definition) is 4. The molecule has 0 atom stereocenters. The highest BCUT2D eigenvalue weighted by atomic mass is 35.5. The van der Waals surface area contributed by atoms with Crippen LogP contribution in [0.2, 0.25) is 4.34 Å². The van der Waals surface area contributed by atoms with Crippen molar-refractivity contribution in [1.29, 1.82) is 0 Å². The Hall–Kier alpha value is -1.72. The molecule has 1 aromatic heterocycles. The number of nitrogens with one attached hydrogen (secondary N) is 1. The first-order valence-corrected chi connectivity index (χ1v) is 6.36. The van der Waals surface area contributed by atoms with E-state index in [1.54, 1.807) is 6.07 Å². The van der Waals surface area contributed by atoms with Crippen LogP contribution in [-0.2, 0) is 6.54 Å². The number of rotatable bonds is 4. The number of nitrogens with two attached hydrogens (primary N) is 1. The van der Waals surface area contributed by atoms with Crippen LogP contribution in [0.3, 0.4) is 0 Å². The Bertz CT molecular complexity index is 583. The van der Waals surface area contributed by atoms with E-state index in [2.05, 4.69) is 5.32 Å². The number of halogens is 1. The number of hydrogen-bond donors (Lipinski definition) is 3. The standard InChI is InChI=1S/C12H11ClN2O2S/c13-11-4-2-8(18-11)6-15-10-3-1-7(12(16)17)5-9(10)14/h1-5,15H,6,14H2,(H,16,17). The van der Waals surface area contributed by atoms with Crippen molar-refractivity contribution in [2.24, 2.45) is 0 Å². The first kappa shape index (κ1) is 12.7. The van der Waals surface area contributed by atoms with E-state index in [-0.39, 0.29) is 5.56 Å². The van der Waals surface area contributed by atoms with E-state index >= 15 is 0 Å². The Kier molecular flexibility index (Phi) is 3.74. The van der Waals surface area contributed by atoms with Gasteiger partial charge in [-0.05, 0) is 30.3 Å². The number of carboxylic acid groups (broad SMARTS) is 1. The summed E-state index contributed by atoms with van der Waals surface area (Å²) in [6.45, 7) is 0.605.